The van der Waals surface area contributed by atoms with Crippen LogP contribution in [0.15, 0.2) is 29.6 Å². The molecule has 0 aliphatic rings. The zero-order chi connectivity index (χ0) is 17.7. The van der Waals surface area contributed by atoms with Gasteiger partial charge in [-0.1, -0.05) is 39.8 Å². The Labute approximate surface area is 148 Å². The summed E-state index contributed by atoms with van der Waals surface area (Å²) in [5.74, 6) is 0.842. The van der Waals surface area contributed by atoms with Gasteiger partial charge in [0, 0.05) is 11.1 Å². The summed E-state index contributed by atoms with van der Waals surface area (Å²) in [7, 11) is 0. The number of carbonyl (C=O) groups is 1. The van der Waals surface area contributed by atoms with Crippen LogP contribution in [0.3, 0.4) is 0 Å². The number of anilines is 1. The van der Waals surface area contributed by atoms with Crippen molar-refractivity contribution in [3.8, 4) is 0 Å². The van der Waals surface area contributed by atoms with Crippen LogP contribution in [0.5, 0.6) is 0 Å². The third-order valence-corrected chi connectivity index (χ3v) is 5.12. The standard InChI is InChI=1S/C19H27N3OS/c1-5-13(4)14-6-8-15(9-7-14)21-18(23)17-11-24-19(22-17)16(20)10-12(2)3/h6-9,11-13,16H,5,10,20H2,1-4H3,(H,21,23). The molecule has 130 valence electrons. The van der Waals surface area contributed by atoms with E-state index >= 15 is 0 Å². The molecule has 0 fully saturated rings. The Morgan fingerprint density at radius 3 is 2.50 bits per heavy atom. The third kappa shape index (κ3) is 4.89. The first-order valence-electron chi connectivity index (χ1n) is 8.53. The summed E-state index contributed by atoms with van der Waals surface area (Å²) < 4.78 is 0. The summed E-state index contributed by atoms with van der Waals surface area (Å²) in [5, 5.41) is 5.50. The van der Waals surface area contributed by atoms with Crippen LogP contribution in [-0.4, -0.2) is 10.9 Å². The highest BCUT2D eigenvalue weighted by Gasteiger charge is 2.16. The molecule has 4 nitrogen and oxygen atoms in total. The van der Waals surface area contributed by atoms with Crippen molar-refractivity contribution in [2.45, 2.75) is 52.5 Å². The molecule has 0 aliphatic heterocycles. The monoisotopic (exact) mass is 345 g/mol. The number of nitrogens with zero attached hydrogens (tertiary/aromatic N) is 1. The fourth-order valence-electron chi connectivity index (χ4n) is 2.50. The first kappa shape index (κ1) is 18.6. The van der Waals surface area contributed by atoms with E-state index in [1.807, 2.05) is 12.1 Å². The second kappa shape index (κ2) is 8.40. The van der Waals surface area contributed by atoms with Gasteiger partial charge >= 0.3 is 0 Å². The normalized spacial score (nSPS) is 13.8. The maximum absolute atomic E-state index is 12.3. The molecule has 2 aromatic rings. The van der Waals surface area contributed by atoms with Crippen LogP contribution in [0.2, 0.25) is 0 Å². The van der Waals surface area contributed by atoms with Crippen molar-refractivity contribution < 1.29 is 4.79 Å². The van der Waals surface area contributed by atoms with Crippen molar-refractivity contribution in [2.75, 3.05) is 5.32 Å². The molecule has 0 spiro atoms. The van der Waals surface area contributed by atoms with E-state index in [1.165, 1.54) is 16.9 Å². The van der Waals surface area contributed by atoms with E-state index in [1.54, 1.807) is 5.38 Å². The lowest BCUT2D eigenvalue weighted by Gasteiger charge is -2.11. The van der Waals surface area contributed by atoms with E-state index in [4.69, 9.17) is 5.73 Å². The molecular formula is C19H27N3OS. The molecule has 0 radical (unpaired) electrons. The van der Waals surface area contributed by atoms with Crippen molar-refractivity contribution in [2.24, 2.45) is 11.7 Å². The van der Waals surface area contributed by atoms with Gasteiger partial charge in [0.15, 0.2) is 0 Å². The highest BCUT2D eigenvalue weighted by molar-refractivity contribution is 7.09. The molecule has 0 saturated carbocycles. The molecule has 0 bridgehead atoms. The van der Waals surface area contributed by atoms with Crippen LogP contribution in [0.1, 0.15) is 73.6 Å². The van der Waals surface area contributed by atoms with Crippen LogP contribution in [0, 0.1) is 5.92 Å². The first-order valence-corrected chi connectivity index (χ1v) is 9.41. The fourth-order valence-corrected chi connectivity index (χ4v) is 3.31. The number of thiazole rings is 1. The number of hydrogen-bond donors (Lipinski definition) is 2. The molecule has 1 heterocycles. The third-order valence-electron chi connectivity index (χ3n) is 4.15. The van der Waals surface area contributed by atoms with E-state index < -0.39 is 0 Å². The summed E-state index contributed by atoms with van der Waals surface area (Å²) in [6, 6.07) is 7.91. The Hall–Kier alpha value is -1.72. The van der Waals surface area contributed by atoms with Gasteiger partial charge in [-0.3, -0.25) is 4.79 Å². The molecule has 2 rings (SSSR count). The van der Waals surface area contributed by atoms with Gasteiger partial charge in [-0.25, -0.2) is 4.98 Å². The largest absolute Gasteiger partial charge is 0.322 e. The minimum atomic E-state index is -0.189. The fraction of sp³-hybridized carbons (Fsp3) is 0.474. The summed E-state index contributed by atoms with van der Waals surface area (Å²) in [6.45, 7) is 8.63. The maximum Gasteiger partial charge on any atom is 0.275 e. The zero-order valence-corrected chi connectivity index (χ0v) is 15.7. The van der Waals surface area contributed by atoms with E-state index in [2.05, 4.69) is 50.1 Å². The van der Waals surface area contributed by atoms with Crippen LogP contribution in [0.4, 0.5) is 5.69 Å². The maximum atomic E-state index is 12.3. The molecule has 1 amide bonds. The molecule has 0 saturated heterocycles. The number of amides is 1. The van der Waals surface area contributed by atoms with E-state index in [-0.39, 0.29) is 11.9 Å². The van der Waals surface area contributed by atoms with E-state index in [0.717, 1.165) is 23.5 Å². The van der Waals surface area contributed by atoms with Crippen LogP contribution >= 0.6 is 11.3 Å². The highest BCUT2D eigenvalue weighted by Crippen LogP contribution is 2.23. The molecule has 24 heavy (non-hydrogen) atoms. The number of rotatable bonds is 7. The molecule has 1 aromatic heterocycles. The van der Waals surface area contributed by atoms with Gasteiger partial charge < -0.3 is 11.1 Å². The number of carbonyl (C=O) groups excluding carboxylic acids is 1. The number of hydrogen-bond acceptors (Lipinski definition) is 4. The molecule has 5 heteroatoms. The molecule has 0 aliphatic carbocycles. The lowest BCUT2D eigenvalue weighted by molar-refractivity contribution is 0.102. The number of benzene rings is 1. The second-order valence-corrected chi connectivity index (χ2v) is 7.58. The average Bonchev–Trinajstić information content (AvgIpc) is 3.04. The lowest BCUT2D eigenvalue weighted by atomic mass is 9.99. The van der Waals surface area contributed by atoms with Crippen LogP contribution in [-0.2, 0) is 0 Å². The summed E-state index contributed by atoms with van der Waals surface area (Å²) in [5.41, 5.74) is 8.64. The van der Waals surface area contributed by atoms with Gasteiger partial charge in [0.05, 0.1) is 6.04 Å². The van der Waals surface area contributed by atoms with Crippen LogP contribution < -0.4 is 11.1 Å². The summed E-state index contributed by atoms with van der Waals surface area (Å²) in [4.78, 5) is 16.7. The SMILES string of the molecule is CCC(C)c1ccc(NC(=O)c2csc(C(N)CC(C)C)n2)cc1. The van der Waals surface area contributed by atoms with Gasteiger partial charge in [-0.05, 0) is 42.4 Å². The van der Waals surface area contributed by atoms with Crippen LogP contribution in [0.25, 0.3) is 0 Å². The first-order chi connectivity index (χ1) is 11.4. The molecule has 2 atom stereocenters. The lowest BCUT2D eigenvalue weighted by Crippen LogP contribution is -2.15. The Morgan fingerprint density at radius 2 is 1.92 bits per heavy atom. The second-order valence-electron chi connectivity index (χ2n) is 6.69. The topological polar surface area (TPSA) is 68.0 Å². The van der Waals surface area contributed by atoms with E-state index in [0.29, 0.717) is 17.5 Å². The Kier molecular flexibility index (Phi) is 6.52. The smallest absolute Gasteiger partial charge is 0.275 e. The van der Waals surface area contributed by atoms with Gasteiger partial charge in [0.25, 0.3) is 5.91 Å². The minimum absolute atomic E-state index is 0.105. The van der Waals surface area contributed by atoms with Crippen molar-refractivity contribution in [3.05, 3.63) is 45.9 Å². The molecule has 3 N–H and O–H groups in total. The Morgan fingerprint density at radius 1 is 1.25 bits per heavy atom. The van der Waals surface area contributed by atoms with Crippen molar-refractivity contribution >= 4 is 22.9 Å². The zero-order valence-electron chi connectivity index (χ0n) is 14.9. The van der Waals surface area contributed by atoms with Crippen molar-refractivity contribution in [3.63, 3.8) is 0 Å². The number of aromatic nitrogens is 1. The Bertz CT molecular complexity index is 664. The summed E-state index contributed by atoms with van der Waals surface area (Å²) >= 11 is 1.45. The quantitative estimate of drug-likeness (QED) is 0.745. The predicted octanol–water partition coefficient (Wildman–Crippen LogP) is 4.95. The number of nitrogens with one attached hydrogen (secondary N) is 1. The van der Waals surface area contributed by atoms with Crippen molar-refractivity contribution in [1.29, 1.82) is 0 Å². The number of nitrogens with two attached hydrogens (primary N) is 1. The van der Waals surface area contributed by atoms with Gasteiger partial charge in [-0.15, -0.1) is 11.3 Å². The Balaban J connectivity index is 2.01. The highest BCUT2D eigenvalue weighted by atomic mass is 32.1. The predicted molar refractivity (Wildman–Crippen MR) is 102 cm³/mol. The average molecular weight is 346 g/mol. The molecular weight excluding hydrogens is 318 g/mol. The van der Waals surface area contributed by atoms with Gasteiger partial charge in [0.1, 0.15) is 10.7 Å². The molecule has 1 aromatic carbocycles. The summed E-state index contributed by atoms with van der Waals surface area (Å²) in [6.07, 6.45) is 1.97. The minimum Gasteiger partial charge on any atom is -0.322 e. The van der Waals surface area contributed by atoms with E-state index in [9.17, 15) is 4.79 Å². The van der Waals surface area contributed by atoms with Gasteiger partial charge in [-0.2, -0.15) is 0 Å². The molecule has 2 unspecified atom stereocenters. The van der Waals surface area contributed by atoms with Crippen molar-refractivity contribution in [1.82, 2.24) is 4.98 Å². The van der Waals surface area contributed by atoms with Gasteiger partial charge in [0.2, 0.25) is 0 Å².